The van der Waals surface area contributed by atoms with Crippen molar-refractivity contribution < 1.29 is 43.8 Å². The van der Waals surface area contributed by atoms with Gasteiger partial charge in [-0.1, -0.05) is 0 Å². The lowest BCUT2D eigenvalue weighted by atomic mass is 10.0. The van der Waals surface area contributed by atoms with E-state index < -0.39 is 89.8 Å². The topological polar surface area (TPSA) is 360 Å². The van der Waals surface area contributed by atoms with E-state index in [1.807, 2.05) is 0 Å². The number of nitrogens with two attached hydrogens (primary N) is 4. The monoisotopic (exact) mass is 732 g/mol. The number of amides is 7. The molecule has 0 bridgehead atoms. The number of carbonyl (C=O) groups excluding carboxylic acids is 7. The number of aliphatic hydroxyl groups excluding tert-OH is 2. The fourth-order valence-corrected chi connectivity index (χ4v) is 4.67. The van der Waals surface area contributed by atoms with E-state index >= 15 is 0 Å². The first-order valence-electron chi connectivity index (χ1n) is 16.9. The first-order chi connectivity index (χ1) is 23.9. The fourth-order valence-electron chi connectivity index (χ4n) is 4.67. The van der Waals surface area contributed by atoms with Crippen molar-refractivity contribution in [1.29, 1.82) is 0 Å². The van der Waals surface area contributed by atoms with Crippen LogP contribution in [0.25, 0.3) is 0 Å². The quantitative estimate of drug-likeness (QED) is 0.0276. The number of aliphatic hydroxyl groups is 2. The Bertz CT molecular complexity index is 1140. The van der Waals surface area contributed by atoms with Gasteiger partial charge in [0.05, 0.1) is 18.2 Å². The average molecular weight is 733 g/mol. The van der Waals surface area contributed by atoms with E-state index in [0.29, 0.717) is 25.8 Å². The highest BCUT2D eigenvalue weighted by molar-refractivity contribution is 5.97. The molecule has 294 valence electrons. The highest BCUT2D eigenvalue weighted by Gasteiger charge is 2.34. The van der Waals surface area contributed by atoms with Crippen LogP contribution in [-0.4, -0.2) is 133 Å². The van der Waals surface area contributed by atoms with Crippen LogP contribution >= 0.6 is 0 Å². The van der Waals surface area contributed by atoms with Crippen molar-refractivity contribution in [3.05, 3.63) is 0 Å². The van der Waals surface area contributed by atoms with E-state index in [1.165, 1.54) is 20.8 Å². The molecule has 0 rings (SSSR count). The van der Waals surface area contributed by atoms with Crippen LogP contribution in [0.3, 0.4) is 0 Å². The lowest BCUT2D eigenvalue weighted by Crippen LogP contribution is -2.61. The minimum atomic E-state index is -1.59. The Hall–Kier alpha value is -3.99. The summed E-state index contributed by atoms with van der Waals surface area (Å²) in [7, 11) is 3.47. The van der Waals surface area contributed by atoms with Gasteiger partial charge in [0, 0.05) is 6.42 Å². The Balaban J connectivity index is 6.10. The van der Waals surface area contributed by atoms with Crippen LogP contribution in [-0.2, 0) is 33.6 Å². The van der Waals surface area contributed by atoms with Gasteiger partial charge in [-0.2, -0.15) is 0 Å². The van der Waals surface area contributed by atoms with Gasteiger partial charge in [0.15, 0.2) is 0 Å². The molecule has 0 fully saturated rings. The standard InChI is InChI=1S/C30H60N12O9/c1-15(32)25(47)38-19(10-8-14-37-30(35-4)36-5)27(49)42-23(17(3)44)29(51)40-18(9-6-7-13-31)26(48)39-20(11-12-21(33)45)28(50)41-22(16(2)43)24(34)46/h15-20,22-23,30,35-37,43-44H,6-14,31-32H2,1-5H3,(H2,33,45)(H2,34,46)(H,38,47)(H,39,48)(H,40,51)(H,41,50)(H,42,49)/t15-,16+,17+,18-,19-,20-,22-,23-/m0/s1. The second-order valence-electron chi connectivity index (χ2n) is 12.2. The second-order valence-corrected chi connectivity index (χ2v) is 12.2. The highest BCUT2D eigenvalue weighted by atomic mass is 16.3. The molecule has 0 aromatic carbocycles. The van der Waals surface area contributed by atoms with E-state index in [2.05, 4.69) is 42.5 Å². The number of hydrogen-bond donors (Lipinski definition) is 14. The minimum Gasteiger partial charge on any atom is -0.391 e. The van der Waals surface area contributed by atoms with Gasteiger partial charge >= 0.3 is 0 Å². The Kier molecular flexibility index (Phi) is 23.1. The third-order valence-electron chi connectivity index (χ3n) is 7.68. The third-order valence-corrected chi connectivity index (χ3v) is 7.68. The lowest BCUT2D eigenvalue weighted by Gasteiger charge is -2.28. The van der Waals surface area contributed by atoms with Crippen LogP contribution in [0.15, 0.2) is 0 Å². The Morgan fingerprint density at radius 3 is 1.51 bits per heavy atom. The Morgan fingerprint density at radius 1 is 0.608 bits per heavy atom. The van der Waals surface area contributed by atoms with Gasteiger partial charge in [-0.3, -0.25) is 49.5 Å². The summed E-state index contributed by atoms with van der Waals surface area (Å²) in [6.45, 7) is 4.59. The zero-order valence-electron chi connectivity index (χ0n) is 30.1. The number of carbonyl (C=O) groups is 7. The molecule has 21 heteroatoms. The molecule has 0 spiro atoms. The van der Waals surface area contributed by atoms with Crippen molar-refractivity contribution in [2.75, 3.05) is 27.2 Å². The molecule has 0 aliphatic carbocycles. The molecular weight excluding hydrogens is 672 g/mol. The molecule has 0 aliphatic rings. The number of primary amides is 2. The van der Waals surface area contributed by atoms with Crippen LogP contribution in [0.1, 0.15) is 65.7 Å². The summed E-state index contributed by atoms with van der Waals surface area (Å²) >= 11 is 0. The number of rotatable bonds is 27. The van der Waals surface area contributed by atoms with Gasteiger partial charge in [0.2, 0.25) is 41.4 Å². The zero-order chi connectivity index (χ0) is 39.3. The highest BCUT2D eigenvalue weighted by Crippen LogP contribution is 2.08. The average Bonchev–Trinajstić information content (AvgIpc) is 3.05. The zero-order valence-corrected chi connectivity index (χ0v) is 30.1. The largest absolute Gasteiger partial charge is 0.391 e. The predicted octanol–water partition coefficient (Wildman–Crippen LogP) is -6.51. The smallest absolute Gasteiger partial charge is 0.245 e. The van der Waals surface area contributed by atoms with E-state index in [-0.39, 0.29) is 38.5 Å². The molecule has 7 amide bonds. The molecule has 0 aliphatic heterocycles. The maximum Gasteiger partial charge on any atom is 0.245 e. The fraction of sp³-hybridized carbons (Fsp3) is 0.767. The summed E-state index contributed by atoms with van der Waals surface area (Å²) in [5, 5.41) is 41.6. The molecule has 0 heterocycles. The van der Waals surface area contributed by atoms with Gasteiger partial charge in [-0.05, 0) is 86.5 Å². The molecule has 0 saturated carbocycles. The third kappa shape index (κ3) is 18.7. The Morgan fingerprint density at radius 2 is 1.06 bits per heavy atom. The molecule has 51 heavy (non-hydrogen) atoms. The molecule has 0 unspecified atom stereocenters. The SMILES string of the molecule is CNC(NC)NCCC[C@H](NC(=O)[C@H](C)N)C(=O)N[C@H](C(=O)N[C@@H](CCCCN)C(=O)N[C@@H](CCC(N)=O)C(=O)N[C@H](C(N)=O)[C@@H](C)O)[C@@H](C)O. The van der Waals surface area contributed by atoms with Crippen molar-refractivity contribution >= 4 is 41.4 Å². The van der Waals surface area contributed by atoms with Crippen molar-refractivity contribution in [3.63, 3.8) is 0 Å². The molecule has 8 atom stereocenters. The molecular formula is C30H60N12O9. The van der Waals surface area contributed by atoms with Crippen LogP contribution in [0.4, 0.5) is 0 Å². The summed E-state index contributed by atoms with van der Waals surface area (Å²) < 4.78 is 0. The van der Waals surface area contributed by atoms with Crippen LogP contribution < -0.4 is 65.5 Å². The summed E-state index contributed by atoms with van der Waals surface area (Å²) in [5.41, 5.74) is 21.8. The molecule has 18 N–H and O–H groups in total. The minimum absolute atomic E-state index is 0.0112. The van der Waals surface area contributed by atoms with Crippen molar-refractivity contribution in [1.82, 2.24) is 42.5 Å². The second kappa shape index (κ2) is 25.0. The summed E-state index contributed by atoms with van der Waals surface area (Å²) in [4.78, 5) is 89.1. The first-order valence-corrected chi connectivity index (χ1v) is 16.9. The lowest BCUT2D eigenvalue weighted by molar-refractivity contribution is -0.137. The van der Waals surface area contributed by atoms with E-state index in [4.69, 9.17) is 22.9 Å². The maximum atomic E-state index is 13.5. The summed E-state index contributed by atoms with van der Waals surface area (Å²) in [6, 6.07) is -7.97. The van der Waals surface area contributed by atoms with Crippen molar-refractivity contribution in [2.45, 2.75) is 120 Å². The molecule has 0 aromatic heterocycles. The molecule has 0 radical (unpaired) electrons. The predicted molar refractivity (Wildman–Crippen MR) is 186 cm³/mol. The van der Waals surface area contributed by atoms with Crippen LogP contribution in [0.5, 0.6) is 0 Å². The number of nitrogens with one attached hydrogen (secondary N) is 8. The van der Waals surface area contributed by atoms with Gasteiger partial charge < -0.3 is 59.7 Å². The van der Waals surface area contributed by atoms with Crippen molar-refractivity contribution in [3.8, 4) is 0 Å². The van der Waals surface area contributed by atoms with E-state index in [9.17, 15) is 43.8 Å². The molecule has 21 nitrogen and oxygen atoms in total. The number of hydrogen-bond acceptors (Lipinski definition) is 14. The number of unbranched alkanes of at least 4 members (excludes halogenated alkanes) is 1. The molecule has 0 aromatic rings. The van der Waals surface area contributed by atoms with Gasteiger partial charge in [-0.25, -0.2) is 0 Å². The van der Waals surface area contributed by atoms with E-state index in [0.717, 1.165) is 0 Å². The van der Waals surface area contributed by atoms with Gasteiger partial charge in [0.1, 0.15) is 36.5 Å². The first kappa shape index (κ1) is 47.0. The Labute approximate surface area is 298 Å². The summed E-state index contributed by atoms with van der Waals surface area (Å²) in [6.07, 6.45) is -2.37. The van der Waals surface area contributed by atoms with Crippen molar-refractivity contribution in [2.24, 2.45) is 22.9 Å². The van der Waals surface area contributed by atoms with Crippen LogP contribution in [0.2, 0.25) is 0 Å². The molecule has 0 saturated heterocycles. The van der Waals surface area contributed by atoms with Crippen LogP contribution in [0, 0.1) is 0 Å². The normalized spacial score (nSPS) is 16.0. The maximum absolute atomic E-state index is 13.5. The van der Waals surface area contributed by atoms with Gasteiger partial charge in [0.25, 0.3) is 0 Å². The van der Waals surface area contributed by atoms with Gasteiger partial charge in [-0.15, -0.1) is 0 Å². The van der Waals surface area contributed by atoms with E-state index in [1.54, 1.807) is 14.1 Å². The summed E-state index contributed by atoms with van der Waals surface area (Å²) in [5.74, 6) is -6.06.